The molecule has 1 rings (SSSR count). The Morgan fingerprint density at radius 2 is 1.79 bits per heavy atom. The molecule has 3 heteroatoms. The van der Waals surface area contributed by atoms with Crippen LogP contribution in [0.4, 0.5) is 0 Å². The van der Waals surface area contributed by atoms with Crippen molar-refractivity contribution in [3.8, 4) is 0 Å². The van der Waals surface area contributed by atoms with E-state index in [1.54, 1.807) is 0 Å². The lowest BCUT2D eigenvalue weighted by atomic mass is 9.95. The molecule has 0 heterocycles. The van der Waals surface area contributed by atoms with E-state index in [9.17, 15) is 0 Å². The van der Waals surface area contributed by atoms with Crippen molar-refractivity contribution in [2.45, 2.75) is 83.5 Å². The summed E-state index contributed by atoms with van der Waals surface area (Å²) in [6, 6.07) is 0. The van der Waals surface area contributed by atoms with Crippen LogP contribution in [0.25, 0.3) is 0 Å². The zero-order chi connectivity index (χ0) is 14.1. The van der Waals surface area contributed by atoms with Crippen LogP contribution in [-0.2, 0) is 9.47 Å². The molecule has 3 nitrogen and oxygen atoms in total. The second-order valence-electron chi connectivity index (χ2n) is 6.75. The standard InChI is InChI=1S/C16H33NO2/c1-16(2,3)17-11-6-5-7-12-19-15-10-8-9-14(13-15)18-4/h14-15,17H,5-13H2,1-4H3. The summed E-state index contributed by atoms with van der Waals surface area (Å²) >= 11 is 0. The highest BCUT2D eigenvalue weighted by atomic mass is 16.5. The Morgan fingerprint density at radius 3 is 2.47 bits per heavy atom. The fourth-order valence-electron chi connectivity index (χ4n) is 2.58. The molecule has 1 aliphatic rings. The number of unbranched alkanes of at least 4 members (excludes halogenated alkanes) is 2. The predicted octanol–water partition coefficient (Wildman–Crippen LogP) is 3.52. The molecule has 0 bridgehead atoms. The van der Waals surface area contributed by atoms with Gasteiger partial charge in [0.1, 0.15) is 0 Å². The average Bonchev–Trinajstić information content (AvgIpc) is 2.36. The summed E-state index contributed by atoms with van der Waals surface area (Å²) in [4.78, 5) is 0. The molecule has 19 heavy (non-hydrogen) atoms. The molecular formula is C16H33NO2. The van der Waals surface area contributed by atoms with Gasteiger partial charge in [-0.25, -0.2) is 0 Å². The van der Waals surface area contributed by atoms with Crippen molar-refractivity contribution in [3.05, 3.63) is 0 Å². The first-order valence-corrected chi connectivity index (χ1v) is 7.90. The van der Waals surface area contributed by atoms with E-state index >= 15 is 0 Å². The molecule has 0 radical (unpaired) electrons. The molecule has 0 saturated heterocycles. The second-order valence-corrected chi connectivity index (χ2v) is 6.75. The Kier molecular flexibility index (Phi) is 7.96. The lowest BCUT2D eigenvalue weighted by Crippen LogP contribution is -2.36. The minimum atomic E-state index is 0.244. The molecular weight excluding hydrogens is 238 g/mol. The van der Waals surface area contributed by atoms with Crippen LogP contribution >= 0.6 is 0 Å². The van der Waals surface area contributed by atoms with Crippen LogP contribution in [0.1, 0.15) is 65.7 Å². The van der Waals surface area contributed by atoms with E-state index < -0.39 is 0 Å². The van der Waals surface area contributed by atoms with Crippen LogP contribution in [0, 0.1) is 0 Å². The van der Waals surface area contributed by atoms with Crippen molar-refractivity contribution in [1.82, 2.24) is 5.32 Å². The molecule has 0 aromatic heterocycles. The molecule has 1 aliphatic carbocycles. The number of rotatable bonds is 8. The summed E-state index contributed by atoms with van der Waals surface area (Å²) in [6.07, 6.45) is 9.29. The van der Waals surface area contributed by atoms with Gasteiger partial charge in [0.05, 0.1) is 12.2 Å². The maximum absolute atomic E-state index is 5.96. The van der Waals surface area contributed by atoms with Gasteiger partial charge in [-0.05, 0) is 72.3 Å². The minimum absolute atomic E-state index is 0.244. The van der Waals surface area contributed by atoms with Gasteiger partial charge < -0.3 is 14.8 Å². The van der Waals surface area contributed by atoms with Crippen LogP contribution in [0.3, 0.4) is 0 Å². The summed E-state index contributed by atoms with van der Waals surface area (Å²) in [6.45, 7) is 8.66. The molecule has 2 unspecified atom stereocenters. The summed E-state index contributed by atoms with van der Waals surface area (Å²) in [5.41, 5.74) is 0.244. The second kappa shape index (κ2) is 8.93. The summed E-state index contributed by atoms with van der Waals surface area (Å²) < 4.78 is 11.4. The Hall–Kier alpha value is -0.120. The van der Waals surface area contributed by atoms with Crippen molar-refractivity contribution in [2.75, 3.05) is 20.3 Å². The number of methoxy groups -OCH3 is 1. The van der Waals surface area contributed by atoms with Gasteiger partial charge in [0.2, 0.25) is 0 Å². The smallest absolute Gasteiger partial charge is 0.0599 e. The molecule has 1 fully saturated rings. The Balaban J connectivity index is 1.93. The summed E-state index contributed by atoms with van der Waals surface area (Å²) in [7, 11) is 1.81. The Morgan fingerprint density at radius 1 is 1.05 bits per heavy atom. The molecule has 1 saturated carbocycles. The van der Waals surface area contributed by atoms with Crippen molar-refractivity contribution < 1.29 is 9.47 Å². The molecule has 0 aliphatic heterocycles. The zero-order valence-corrected chi connectivity index (χ0v) is 13.3. The van der Waals surface area contributed by atoms with Crippen molar-refractivity contribution >= 4 is 0 Å². The molecule has 0 amide bonds. The zero-order valence-electron chi connectivity index (χ0n) is 13.3. The molecule has 2 atom stereocenters. The van der Waals surface area contributed by atoms with E-state index in [1.807, 2.05) is 7.11 Å². The third-order valence-electron chi connectivity index (χ3n) is 3.74. The molecule has 0 aromatic rings. The topological polar surface area (TPSA) is 30.5 Å². The number of hydrogen-bond donors (Lipinski definition) is 1. The maximum Gasteiger partial charge on any atom is 0.0599 e. The van der Waals surface area contributed by atoms with Gasteiger partial charge in [-0.1, -0.05) is 0 Å². The van der Waals surface area contributed by atoms with Crippen LogP contribution in [0.15, 0.2) is 0 Å². The SMILES string of the molecule is COC1CCCC(OCCCCCNC(C)(C)C)C1. The van der Waals surface area contributed by atoms with Crippen molar-refractivity contribution in [2.24, 2.45) is 0 Å². The quantitative estimate of drug-likeness (QED) is 0.685. The highest BCUT2D eigenvalue weighted by Crippen LogP contribution is 2.23. The van der Waals surface area contributed by atoms with E-state index in [-0.39, 0.29) is 5.54 Å². The fourth-order valence-corrected chi connectivity index (χ4v) is 2.58. The van der Waals surface area contributed by atoms with E-state index in [0.717, 1.165) is 19.6 Å². The fraction of sp³-hybridized carbons (Fsp3) is 1.00. The largest absolute Gasteiger partial charge is 0.381 e. The predicted molar refractivity (Wildman–Crippen MR) is 80.6 cm³/mol. The monoisotopic (exact) mass is 271 g/mol. The average molecular weight is 271 g/mol. The molecule has 0 aromatic carbocycles. The summed E-state index contributed by atoms with van der Waals surface area (Å²) in [5.74, 6) is 0. The first kappa shape index (κ1) is 16.9. The van der Waals surface area contributed by atoms with Crippen LogP contribution in [-0.4, -0.2) is 38.0 Å². The third kappa shape index (κ3) is 8.61. The molecule has 114 valence electrons. The van der Waals surface area contributed by atoms with Gasteiger partial charge >= 0.3 is 0 Å². The van der Waals surface area contributed by atoms with Crippen molar-refractivity contribution in [3.63, 3.8) is 0 Å². The lowest BCUT2D eigenvalue weighted by molar-refractivity contribution is -0.0302. The number of nitrogens with one attached hydrogen (secondary N) is 1. The van der Waals surface area contributed by atoms with Crippen molar-refractivity contribution in [1.29, 1.82) is 0 Å². The van der Waals surface area contributed by atoms with Gasteiger partial charge in [0.15, 0.2) is 0 Å². The first-order chi connectivity index (χ1) is 9.01. The van der Waals surface area contributed by atoms with Gasteiger partial charge in [-0.15, -0.1) is 0 Å². The van der Waals surface area contributed by atoms with Gasteiger partial charge in [0, 0.05) is 19.3 Å². The van der Waals surface area contributed by atoms with Crippen LogP contribution in [0.2, 0.25) is 0 Å². The summed E-state index contributed by atoms with van der Waals surface area (Å²) in [5, 5.41) is 3.52. The number of ether oxygens (including phenoxy) is 2. The van der Waals surface area contributed by atoms with Gasteiger partial charge in [-0.2, -0.15) is 0 Å². The highest BCUT2D eigenvalue weighted by molar-refractivity contribution is 4.73. The van der Waals surface area contributed by atoms with E-state index in [0.29, 0.717) is 12.2 Å². The van der Waals surface area contributed by atoms with E-state index in [2.05, 4.69) is 26.1 Å². The van der Waals surface area contributed by atoms with Gasteiger partial charge in [0.25, 0.3) is 0 Å². The van der Waals surface area contributed by atoms with Gasteiger partial charge in [-0.3, -0.25) is 0 Å². The highest BCUT2D eigenvalue weighted by Gasteiger charge is 2.21. The van der Waals surface area contributed by atoms with Crippen LogP contribution < -0.4 is 5.32 Å². The maximum atomic E-state index is 5.96. The first-order valence-electron chi connectivity index (χ1n) is 7.90. The Bertz CT molecular complexity index is 225. The lowest BCUT2D eigenvalue weighted by Gasteiger charge is -2.28. The minimum Gasteiger partial charge on any atom is -0.381 e. The number of hydrogen-bond acceptors (Lipinski definition) is 3. The van der Waals surface area contributed by atoms with E-state index in [4.69, 9.17) is 9.47 Å². The molecule has 1 N–H and O–H groups in total. The van der Waals surface area contributed by atoms with Crippen LogP contribution in [0.5, 0.6) is 0 Å². The van der Waals surface area contributed by atoms with E-state index in [1.165, 1.54) is 38.5 Å². The third-order valence-corrected chi connectivity index (χ3v) is 3.74. The molecule has 0 spiro atoms. The Labute approximate surface area is 119 Å². The normalized spacial score (nSPS) is 24.6.